The monoisotopic (exact) mass is 501 g/mol. The van der Waals surface area contributed by atoms with Crippen LogP contribution in [0.25, 0.3) is 16.9 Å². The van der Waals surface area contributed by atoms with Gasteiger partial charge in [-0.15, -0.1) is 0 Å². The summed E-state index contributed by atoms with van der Waals surface area (Å²) in [6.07, 6.45) is 0.505. The van der Waals surface area contributed by atoms with Crippen molar-refractivity contribution < 1.29 is 23.1 Å². The van der Waals surface area contributed by atoms with Gasteiger partial charge in [-0.05, 0) is 38.1 Å². The Morgan fingerprint density at radius 1 is 1.39 bits per heavy atom. The molecule has 3 aromatic rings. The first-order chi connectivity index (χ1) is 17.0. The number of alkyl halides is 3. The zero-order chi connectivity index (χ0) is 26.1. The van der Waals surface area contributed by atoms with Crippen LogP contribution in [0.1, 0.15) is 36.2 Å². The van der Waals surface area contributed by atoms with Gasteiger partial charge in [-0.25, -0.2) is 17.7 Å². The number of nitrogens with one attached hydrogen (secondary N) is 3. The van der Waals surface area contributed by atoms with Gasteiger partial charge in [0.05, 0.1) is 52.1 Å². The second-order valence-corrected chi connectivity index (χ2v) is 9.27. The molecule has 1 aliphatic rings. The molecular weight excluding hydrogens is 475 g/mol. The van der Waals surface area contributed by atoms with Gasteiger partial charge in [0, 0.05) is 25.7 Å². The molecule has 190 valence electrons. The number of pyridine rings is 1. The number of carbonyl (C=O) groups excluding carboxylic acids is 1. The molecule has 4 rings (SSSR count). The van der Waals surface area contributed by atoms with Gasteiger partial charge in [0.2, 0.25) is 0 Å². The van der Waals surface area contributed by atoms with Crippen molar-refractivity contribution in [2.45, 2.75) is 44.0 Å². The van der Waals surface area contributed by atoms with Crippen LogP contribution in [0, 0.1) is 11.3 Å². The second-order valence-electron chi connectivity index (χ2n) is 9.27. The Hall–Kier alpha value is -3.69. The van der Waals surface area contributed by atoms with Crippen molar-refractivity contribution in [3.8, 4) is 17.5 Å². The Balaban J connectivity index is 1.70. The molecule has 36 heavy (non-hydrogen) atoms. The van der Waals surface area contributed by atoms with Gasteiger partial charge in [0.25, 0.3) is 11.8 Å². The van der Waals surface area contributed by atoms with Crippen LogP contribution in [0.5, 0.6) is 0 Å². The first-order valence-corrected chi connectivity index (χ1v) is 11.4. The fraction of sp³-hybridized carbons (Fsp3) is 0.417. The van der Waals surface area contributed by atoms with Crippen LogP contribution in [-0.2, 0) is 0 Å². The number of halogens is 3. The lowest BCUT2D eigenvalue weighted by Gasteiger charge is -2.33. The van der Waals surface area contributed by atoms with Gasteiger partial charge in [-0.3, -0.25) is 9.78 Å². The Morgan fingerprint density at radius 2 is 2.17 bits per heavy atom. The van der Waals surface area contributed by atoms with E-state index in [1.165, 1.54) is 32.3 Å². The molecule has 1 saturated heterocycles. The van der Waals surface area contributed by atoms with Crippen LogP contribution < -0.4 is 16.0 Å². The van der Waals surface area contributed by atoms with Crippen LogP contribution in [0.2, 0.25) is 0 Å². The van der Waals surface area contributed by atoms with Crippen molar-refractivity contribution in [2.75, 3.05) is 25.0 Å². The third-order valence-corrected chi connectivity index (χ3v) is 6.07. The summed E-state index contributed by atoms with van der Waals surface area (Å²) in [5.41, 5.74) is 0.240. The maximum absolute atomic E-state index is 14.6. The average molecular weight is 502 g/mol. The SMILES string of the molecule is CC(C)(O)C(F)CNC(=O)c1cnc(-c2ccc3cc(C#N)cnn23)cc1NC1CNCCC1(F)F. The molecule has 1 aliphatic heterocycles. The van der Waals surface area contributed by atoms with E-state index in [0.29, 0.717) is 22.5 Å². The maximum Gasteiger partial charge on any atom is 0.270 e. The number of carbonyl (C=O) groups is 1. The van der Waals surface area contributed by atoms with E-state index in [1.54, 1.807) is 22.7 Å². The largest absolute Gasteiger partial charge is 0.387 e. The first-order valence-electron chi connectivity index (χ1n) is 11.4. The number of anilines is 1. The summed E-state index contributed by atoms with van der Waals surface area (Å²) in [7, 11) is 0. The Kier molecular flexibility index (Phi) is 6.88. The molecule has 4 heterocycles. The van der Waals surface area contributed by atoms with Gasteiger partial charge in [-0.2, -0.15) is 10.4 Å². The van der Waals surface area contributed by atoms with Crippen molar-refractivity contribution in [1.82, 2.24) is 25.2 Å². The molecular formula is C24H26F3N7O2. The van der Waals surface area contributed by atoms with Gasteiger partial charge in [0.1, 0.15) is 18.3 Å². The van der Waals surface area contributed by atoms with Gasteiger partial charge in [-0.1, -0.05) is 0 Å². The molecule has 2 atom stereocenters. The lowest BCUT2D eigenvalue weighted by atomic mass is 10.0. The Morgan fingerprint density at radius 3 is 2.86 bits per heavy atom. The molecule has 0 saturated carbocycles. The number of hydrogen-bond donors (Lipinski definition) is 4. The van der Waals surface area contributed by atoms with Crippen LogP contribution in [0.4, 0.5) is 18.9 Å². The van der Waals surface area contributed by atoms with Crippen molar-refractivity contribution >= 4 is 17.1 Å². The predicted molar refractivity (Wildman–Crippen MR) is 127 cm³/mol. The van der Waals surface area contributed by atoms with E-state index in [0.717, 1.165) is 0 Å². The maximum atomic E-state index is 14.6. The summed E-state index contributed by atoms with van der Waals surface area (Å²) >= 11 is 0. The van der Waals surface area contributed by atoms with Crippen LogP contribution in [0.3, 0.4) is 0 Å². The third-order valence-electron chi connectivity index (χ3n) is 6.07. The zero-order valence-corrected chi connectivity index (χ0v) is 19.7. The first kappa shape index (κ1) is 25.4. The highest BCUT2D eigenvalue weighted by Crippen LogP contribution is 2.31. The van der Waals surface area contributed by atoms with E-state index in [2.05, 4.69) is 26.0 Å². The van der Waals surface area contributed by atoms with Crippen molar-refractivity contribution in [3.05, 3.63) is 47.8 Å². The number of fused-ring (bicyclic) bond motifs is 1. The van der Waals surface area contributed by atoms with Gasteiger partial charge in [0.15, 0.2) is 0 Å². The number of hydrogen-bond acceptors (Lipinski definition) is 7. The van der Waals surface area contributed by atoms with E-state index < -0.39 is 36.2 Å². The van der Waals surface area contributed by atoms with Gasteiger partial charge >= 0.3 is 0 Å². The molecule has 12 heteroatoms. The topological polar surface area (TPSA) is 127 Å². The molecule has 9 nitrogen and oxygen atoms in total. The van der Waals surface area contributed by atoms with E-state index in [1.807, 2.05) is 6.07 Å². The number of piperidine rings is 1. The number of aromatic nitrogens is 3. The molecule has 0 spiro atoms. The number of rotatable bonds is 7. The summed E-state index contributed by atoms with van der Waals surface area (Å²) in [6, 6.07) is 7.27. The molecule has 0 aliphatic carbocycles. The summed E-state index contributed by atoms with van der Waals surface area (Å²) in [5.74, 6) is -3.75. The van der Waals surface area contributed by atoms with Gasteiger partial charge < -0.3 is 21.1 Å². The van der Waals surface area contributed by atoms with Crippen LogP contribution in [0.15, 0.2) is 36.7 Å². The van der Waals surface area contributed by atoms with E-state index >= 15 is 0 Å². The fourth-order valence-electron chi connectivity index (χ4n) is 3.85. The molecule has 0 bridgehead atoms. The lowest BCUT2D eigenvalue weighted by molar-refractivity contribution is -0.0383. The van der Waals surface area contributed by atoms with Crippen molar-refractivity contribution in [1.29, 1.82) is 5.26 Å². The van der Waals surface area contributed by atoms with Crippen molar-refractivity contribution in [3.63, 3.8) is 0 Å². The minimum Gasteiger partial charge on any atom is -0.387 e. The summed E-state index contributed by atoms with van der Waals surface area (Å²) in [5, 5.41) is 31.2. The number of amides is 1. The standard InChI is InChI=1S/C24H26F3N7O2/c1-23(2,36)20(25)12-31-22(35)16-11-30-18(8-17(16)33-21-13-29-6-5-24(21,26)27)19-4-3-15-7-14(9-28)10-32-34(15)19/h3-4,7-8,10-11,20-21,29,36H,5-6,12-13H2,1-2H3,(H,30,33)(H,31,35). The summed E-state index contributed by atoms with van der Waals surface area (Å²) in [6.45, 7) is 2.23. The highest BCUT2D eigenvalue weighted by atomic mass is 19.3. The predicted octanol–water partition coefficient (Wildman–Crippen LogP) is 2.52. The number of aliphatic hydroxyl groups is 1. The smallest absolute Gasteiger partial charge is 0.270 e. The summed E-state index contributed by atoms with van der Waals surface area (Å²) in [4.78, 5) is 17.2. The molecule has 4 N–H and O–H groups in total. The van der Waals surface area contributed by atoms with E-state index in [4.69, 9.17) is 5.26 Å². The molecule has 1 fully saturated rings. The van der Waals surface area contributed by atoms with Crippen LogP contribution >= 0.6 is 0 Å². The molecule has 3 aromatic heterocycles. The Labute approximate surface area is 205 Å². The van der Waals surface area contributed by atoms with Crippen LogP contribution in [-0.4, -0.2) is 69.0 Å². The zero-order valence-electron chi connectivity index (χ0n) is 19.7. The molecule has 0 radical (unpaired) electrons. The minimum atomic E-state index is -3.02. The second kappa shape index (κ2) is 9.75. The third kappa shape index (κ3) is 5.27. The number of nitrogens with zero attached hydrogens (tertiary/aromatic N) is 4. The molecule has 2 unspecified atom stereocenters. The van der Waals surface area contributed by atoms with E-state index in [9.17, 15) is 23.1 Å². The highest BCUT2D eigenvalue weighted by Gasteiger charge is 2.42. The van der Waals surface area contributed by atoms with E-state index in [-0.39, 0.29) is 30.8 Å². The number of nitriles is 1. The Bertz CT molecular complexity index is 1310. The fourth-order valence-corrected chi connectivity index (χ4v) is 3.85. The lowest BCUT2D eigenvalue weighted by Crippen LogP contribution is -2.53. The average Bonchev–Trinajstić information content (AvgIpc) is 3.26. The highest BCUT2D eigenvalue weighted by molar-refractivity contribution is 6.00. The molecule has 0 aromatic carbocycles. The minimum absolute atomic E-state index is 0.0243. The normalized spacial score (nSPS) is 18.4. The van der Waals surface area contributed by atoms with Crippen molar-refractivity contribution in [2.24, 2.45) is 0 Å². The molecule has 1 amide bonds. The summed E-state index contributed by atoms with van der Waals surface area (Å²) < 4.78 is 44.9. The quantitative estimate of drug-likeness (QED) is 0.392.